The van der Waals surface area contributed by atoms with Gasteiger partial charge < -0.3 is 16.2 Å². The highest BCUT2D eigenvalue weighted by atomic mass is 19.1. The van der Waals surface area contributed by atoms with Crippen molar-refractivity contribution >= 4 is 5.91 Å². The molecule has 1 amide bonds. The van der Waals surface area contributed by atoms with Crippen molar-refractivity contribution in [1.82, 2.24) is 5.32 Å². The Bertz CT molecular complexity index is 826. The van der Waals surface area contributed by atoms with E-state index in [0.717, 1.165) is 29.5 Å². The molecule has 0 saturated heterocycles. The lowest BCUT2D eigenvalue weighted by Crippen LogP contribution is -2.45. The summed E-state index contributed by atoms with van der Waals surface area (Å²) in [6.07, 6.45) is 4.21. The van der Waals surface area contributed by atoms with Gasteiger partial charge in [0.15, 0.2) is 0 Å². The number of allylic oxidation sites excluding steroid dienone is 1. The summed E-state index contributed by atoms with van der Waals surface area (Å²) in [6.45, 7) is 5.35. The predicted octanol–water partition coefficient (Wildman–Crippen LogP) is 4.26. The molecule has 0 aliphatic heterocycles. The molecule has 2 aromatic rings. The molecular weight excluding hydrogens is 367 g/mol. The Labute approximate surface area is 172 Å². The number of halogens is 1. The molecule has 156 valence electrons. The molecule has 2 aromatic carbocycles. The first-order valence-corrected chi connectivity index (χ1v) is 10.0. The Hall–Kier alpha value is -2.66. The lowest BCUT2D eigenvalue weighted by Gasteiger charge is -2.18. The quantitative estimate of drug-likeness (QED) is 0.553. The van der Waals surface area contributed by atoms with Crippen molar-refractivity contribution in [1.29, 1.82) is 0 Å². The smallest absolute Gasteiger partial charge is 0.237 e. The van der Waals surface area contributed by atoms with Crippen molar-refractivity contribution in [2.75, 3.05) is 0 Å². The number of unbranched alkanes of at least 4 members (excludes halogenated alkanes) is 1. The van der Waals surface area contributed by atoms with Crippen LogP contribution in [0, 0.1) is 13.8 Å². The topological polar surface area (TPSA) is 75.3 Å². The summed E-state index contributed by atoms with van der Waals surface area (Å²) in [5.41, 5.74) is 9.96. The first-order chi connectivity index (χ1) is 13.8. The molecule has 4 nitrogen and oxygen atoms in total. The zero-order valence-corrected chi connectivity index (χ0v) is 17.4. The van der Waals surface area contributed by atoms with E-state index in [2.05, 4.69) is 17.4 Å². The molecule has 0 saturated carbocycles. The van der Waals surface area contributed by atoms with Crippen molar-refractivity contribution in [2.24, 2.45) is 5.73 Å². The van der Waals surface area contributed by atoms with Crippen LogP contribution in [0.2, 0.25) is 0 Å². The summed E-state index contributed by atoms with van der Waals surface area (Å²) in [4.78, 5) is 12.4. The van der Waals surface area contributed by atoms with Crippen LogP contribution in [0.25, 0.3) is 0 Å². The number of aryl methyl sites for hydroxylation is 3. The lowest BCUT2D eigenvalue weighted by molar-refractivity contribution is -0.122. The van der Waals surface area contributed by atoms with E-state index in [9.17, 15) is 14.3 Å². The molecule has 29 heavy (non-hydrogen) atoms. The minimum Gasteiger partial charge on any atom is -0.508 e. The largest absolute Gasteiger partial charge is 0.508 e. The number of aromatic hydroxyl groups is 1. The van der Waals surface area contributed by atoms with Crippen LogP contribution in [0.15, 0.2) is 54.4 Å². The normalized spacial score (nSPS) is 13.8. The first kappa shape index (κ1) is 22.6. The molecule has 0 heterocycles. The van der Waals surface area contributed by atoms with Gasteiger partial charge in [0.05, 0.1) is 12.1 Å². The van der Waals surface area contributed by atoms with Gasteiger partial charge in [-0.3, -0.25) is 4.79 Å². The third-order valence-electron chi connectivity index (χ3n) is 5.07. The van der Waals surface area contributed by atoms with Crippen LogP contribution >= 0.6 is 0 Å². The summed E-state index contributed by atoms with van der Waals surface area (Å²) in [6, 6.07) is 11.9. The van der Waals surface area contributed by atoms with Gasteiger partial charge in [0, 0.05) is 0 Å². The van der Waals surface area contributed by atoms with Crippen LogP contribution in [0.5, 0.6) is 5.75 Å². The Morgan fingerprint density at radius 3 is 2.45 bits per heavy atom. The molecule has 4 N–H and O–H groups in total. The Morgan fingerprint density at radius 2 is 1.83 bits per heavy atom. The number of amides is 1. The third kappa shape index (κ3) is 7.02. The van der Waals surface area contributed by atoms with Crippen molar-refractivity contribution in [3.8, 4) is 5.75 Å². The molecule has 0 aromatic heterocycles. The number of phenols is 1. The van der Waals surface area contributed by atoms with Crippen molar-refractivity contribution in [3.05, 3.63) is 76.6 Å². The standard InChI is InChI=1S/C24H31FN2O2/c1-16-13-20(28)14-17(2)21(16)15-23(26)24(29)27-18(3)22(25)12-8-7-11-19-9-5-4-6-10-19/h4-6,9-10,12-14,18,23,28H,7-8,11,15,26H2,1-3H3,(H,27,29)/b22-12-/t18?,23-/m0/s1. The Morgan fingerprint density at radius 1 is 1.21 bits per heavy atom. The van der Waals surface area contributed by atoms with Gasteiger partial charge in [0.1, 0.15) is 11.6 Å². The molecule has 0 radical (unpaired) electrons. The molecule has 0 aliphatic carbocycles. The molecule has 0 spiro atoms. The van der Waals surface area contributed by atoms with Crippen LogP contribution in [0.1, 0.15) is 42.0 Å². The van der Waals surface area contributed by atoms with E-state index in [1.54, 1.807) is 19.1 Å². The highest BCUT2D eigenvalue weighted by molar-refractivity contribution is 5.82. The zero-order valence-electron chi connectivity index (χ0n) is 17.4. The average Bonchev–Trinajstić information content (AvgIpc) is 2.68. The molecule has 5 heteroatoms. The number of rotatable bonds is 9. The fourth-order valence-corrected chi connectivity index (χ4v) is 3.36. The highest BCUT2D eigenvalue weighted by Gasteiger charge is 2.20. The van der Waals surface area contributed by atoms with E-state index >= 15 is 0 Å². The third-order valence-corrected chi connectivity index (χ3v) is 5.07. The number of carbonyl (C=O) groups excluding carboxylic acids is 1. The van der Waals surface area contributed by atoms with E-state index in [0.29, 0.717) is 12.8 Å². The summed E-state index contributed by atoms with van der Waals surface area (Å²) in [5.74, 6) is -0.553. The van der Waals surface area contributed by atoms with Gasteiger partial charge in [-0.2, -0.15) is 0 Å². The van der Waals surface area contributed by atoms with E-state index in [-0.39, 0.29) is 11.6 Å². The second kappa shape index (κ2) is 10.8. The van der Waals surface area contributed by atoms with Crippen LogP contribution in [-0.2, 0) is 17.6 Å². The monoisotopic (exact) mass is 398 g/mol. The highest BCUT2D eigenvalue weighted by Crippen LogP contribution is 2.22. The average molecular weight is 399 g/mol. The Kier molecular flexibility index (Phi) is 8.40. The maximum Gasteiger partial charge on any atom is 0.237 e. The van der Waals surface area contributed by atoms with Gasteiger partial charge in [-0.25, -0.2) is 4.39 Å². The second-order valence-corrected chi connectivity index (χ2v) is 7.57. The predicted molar refractivity (Wildman–Crippen MR) is 115 cm³/mol. The summed E-state index contributed by atoms with van der Waals surface area (Å²) >= 11 is 0. The second-order valence-electron chi connectivity index (χ2n) is 7.57. The number of nitrogens with one attached hydrogen (secondary N) is 1. The number of hydrogen-bond donors (Lipinski definition) is 3. The van der Waals surface area contributed by atoms with Crippen LogP contribution in [0.4, 0.5) is 4.39 Å². The fraction of sp³-hybridized carbons (Fsp3) is 0.375. The van der Waals surface area contributed by atoms with E-state index in [4.69, 9.17) is 5.73 Å². The van der Waals surface area contributed by atoms with Gasteiger partial charge in [0.2, 0.25) is 5.91 Å². The lowest BCUT2D eigenvalue weighted by atomic mass is 9.96. The number of hydrogen-bond acceptors (Lipinski definition) is 3. The van der Waals surface area contributed by atoms with Crippen LogP contribution in [0.3, 0.4) is 0 Å². The summed E-state index contributed by atoms with van der Waals surface area (Å²) < 4.78 is 14.3. The molecule has 2 rings (SSSR count). The molecule has 0 fully saturated rings. The Balaban J connectivity index is 1.83. The zero-order chi connectivity index (χ0) is 21.4. The minimum atomic E-state index is -0.787. The SMILES string of the molecule is Cc1cc(O)cc(C)c1C[C@H](N)C(=O)NC(C)/C(F)=C/CCCc1ccccc1. The van der Waals surface area contributed by atoms with Crippen molar-refractivity contribution in [2.45, 2.75) is 58.5 Å². The number of benzene rings is 2. The van der Waals surface area contributed by atoms with Gasteiger partial charge in [-0.1, -0.05) is 36.4 Å². The molecular formula is C24H31FN2O2. The van der Waals surface area contributed by atoms with Gasteiger partial charge >= 0.3 is 0 Å². The number of nitrogens with two attached hydrogens (primary N) is 1. The summed E-state index contributed by atoms with van der Waals surface area (Å²) in [7, 11) is 0. The number of carbonyl (C=O) groups is 1. The molecule has 0 aliphatic rings. The van der Waals surface area contributed by atoms with Crippen LogP contribution < -0.4 is 11.1 Å². The first-order valence-electron chi connectivity index (χ1n) is 10.0. The van der Waals surface area contributed by atoms with Crippen LogP contribution in [-0.4, -0.2) is 23.1 Å². The van der Waals surface area contributed by atoms with E-state index < -0.39 is 18.0 Å². The maximum atomic E-state index is 14.3. The minimum absolute atomic E-state index is 0.190. The molecule has 1 unspecified atom stereocenters. The molecule has 0 bridgehead atoms. The van der Waals surface area contributed by atoms with E-state index in [1.807, 2.05) is 32.0 Å². The maximum absolute atomic E-state index is 14.3. The number of phenolic OH excluding ortho intramolecular Hbond substituents is 1. The van der Waals surface area contributed by atoms with Crippen molar-refractivity contribution in [3.63, 3.8) is 0 Å². The van der Waals surface area contributed by atoms with Gasteiger partial charge in [-0.15, -0.1) is 0 Å². The molecule has 2 atom stereocenters. The fourth-order valence-electron chi connectivity index (χ4n) is 3.36. The van der Waals surface area contributed by atoms with Gasteiger partial charge in [0.25, 0.3) is 0 Å². The van der Waals surface area contributed by atoms with Crippen molar-refractivity contribution < 1.29 is 14.3 Å². The van der Waals surface area contributed by atoms with E-state index in [1.165, 1.54) is 11.6 Å². The summed E-state index contributed by atoms with van der Waals surface area (Å²) in [5, 5.41) is 12.3. The van der Waals surface area contributed by atoms with Gasteiger partial charge in [-0.05, 0) is 80.8 Å².